The number of ether oxygens (including phenoxy) is 1. The number of halogens is 4. The zero-order valence-corrected chi connectivity index (χ0v) is 19.4. The second kappa shape index (κ2) is 8.82. The predicted molar refractivity (Wildman–Crippen MR) is 123 cm³/mol. The minimum absolute atomic E-state index is 0.262. The highest BCUT2D eigenvalue weighted by atomic mass is 79.9. The molecule has 4 nitrogen and oxygen atoms in total. The van der Waals surface area contributed by atoms with Crippen LogP contribution in [0.3, 0.4) is 0 Å². The van der Waals surface area contributed by atoms with Crippen LogP contribution in [0, 0.1) is 0 Å². The number of hydrazone groups is 1. The summed E-state index contributed by atoms with van der Waals surface area (Å²) in [5.74, 6) is 0.353. The summed E-state index contributed by atoms with van der Waals surface area (Å²) in [4.78, 5) is 13.0. The van der Waals surface area contributed by atoms with E-state index in [4.69, 9.17) is 27.9 Å². The molecule has 28 heavy (non-hydrogen) atoms. The van der Waals surface area contributed by atoms with E-state index in [-0.39, 0.29) is 5.91 Å². The van der Waals surface area contributed by atoms with Gasteiger partial charge in [-0.15, -0.1) is 0 Å². The van der Waals surface area contributed by atoms with Gasteiger partial charge in [0.1, 0.15) is 12.4 Å². The van der Waals surface area contributed by atoms with E-state index >= 15 is 0 Å². The van der Waals surface area contributed by atoms with Crippen LogP contribution in [0.4, 0.5) is 5.69 Å². The number of hydrogen-bond acceptors (Lipinski definition) is 3. The van der Waals surface area contributed by atoms with Crippen molar-refractivity contribution in [2.24, 2.45) is 5.10 Å². The van der Waals surface area contributed by atoms with Crippen molar-refractivity contribution in [3.8, 4) is 5.75 Å². The van der Waals surface area contributed by atoms with Crippen molar-refractivity contribution in [2.45, 2.75) is 6.92 Å². The average molecular weight is 545 g/mol. The first-order valence-corrected chi connectivity index (χ1v) is 10.5. The molecule has 8 heteroatoms. The minimum Gasteiger partial charge on any atom is -0.488 e. The Balaban J connectivity index is 2.02. The Kier molecular flexibility index (Phi) is 6.65. The van der Waals surface area contributed by atoms with Crippen LogP contribution in [0.15, 0.2) is 62.6 Å². The molecule has 2 aromatic carbocycles. The molecule has 0 radical (unpaired) electrons. The predicted octanol–water partition coefficient (Wildman–Crippen LogP) is 6.89. The van der Waals surface area contributed by atoms with Crippen molar-refractivity contribution in [3.05, 3.63) is 73.1 Å². The largest absolute Gasteiger partial charge is 0.488 e. The third kappa shape index (κ3) is 4.35. The zero-order valence-electron chi connectivity index (χ0n) is 14.7. The second-order valence-electron chi connectivity index (χ2n) is 5.86. The molecule has 1 heterocycles. The molecule has 3 rings (SSSR count). The Morgan fingerprint density at radius 2 is 1.96 bits per heavy atom. The highest BCUT2D eigenvalue weighted by Gasteiger charge is 2.29. The van der Waals surface area contributed by atoms with Gasteiger partial charge in [-0.1, -0.05) is 51.8 Å². The van der Waals surface area contributed by atoms with Crippen LogP contribution in [0.5, 0.6) is 5.75 Å². The van der Waals surface area contributed by atoms with E-state index in [1.807, 2.05) is 12.1 Å². The summed E-state index contributed by atoms with van der Waals surface area (Å²) >= 11 is 19.0. The molecule has 0 unspecified atom stereocenters. The summed E-state index contributed by atoms with van der Waals surface area (Å²) in [6, 6.07) is 8.68. The number of carbonyl (C=O) groups excluding carboxylic acids is 1. The third-order valence-corrected chi connectivity index (χ3v) is 5.68. The molecule has 0 aromatic heterocycles. The molecule has 0 bridgehead atoms. The topological polar surface area (TPSA) is 41.9 Å². The Bertz CT molecular complexity index is 1040. The summed E-state index contributed by atoms with van der Waals surface area (Å²) in [5.41, 5.74) is 2.32. The first kappa shape index (κ1) is 21.1. The first-order chi connectivity index (χ1) is 13.3. The quantitative estimate of drug-likeness (QED) is 0.304. The van der Waals surface area contributed by atoms with Gasteiger partial charge in [0.2, 0.25) is 0 Å². The number of hydrogen-bond donors (Lipinski definition) is 0. The van der Waals surface area contributed by atoms with Crippen molar-refractivity contribution in [3.63, 3.8) is 0 Å². The lowest BCUT2D eigenvalue weighted by atomic mass is 10.1. The van der Waals surface area contributed by atoms with Crippen LogP contribution < -0.4 is 9.75 Å². The van der Waals surface area contributed by atoms with E-state index in [2.05, 4.69) is 43.5 Å². The van der Waals surface area contributed by atoms with Crippen molar-refractivity contribution < 1.29 is 9.53 Å². The smallest absolute Gasteiger partial charge is 0.280 e. The van der Waals surface area contributed by atoms with E-state index in [1.165, 1.54) is 5.01 Å². The summed E-state index contributed by atoms with van der Waals surface area (Å²) in [5, 5.41) is 6.45. The maximum Gasteiger partial charge on any atom is 0.280 e. The van der Waals surface area contributed by atoms with Crippen molar-refractivity contribution >= 4 is 78.4 Å². The molecule has 0 spiro atoms. The fraction of sp³-hybridized carbons (Fsp3) is 0.100. The van der Waals surface area contributed by atoms with Gasteiger partial charge >= 0.3 is 0 Å². The molecule has 0 saturated heterocycles. The van der Waals surface area contributed by atoms with E-state index in [0.29, 0.717) is 39.4 Å². The molecule has 0 atom stereocenters. The van der Waals surface area contributed by atoms with E-state index in [0.717, 1.165) is 14.5 Å². The lowest BCUT2D eigenvalue weighted by Crippen LogP contribution is -2.21. The van der Waals surface area contributed by atoms with Gasteiger partial charge in [-0.25, -0.2) is 0 Å². The van der Waals surface area contributed by atoms with E-state index in [1.54, 1.807) is 37.3 Å². The molecule has 2 aromatic rings. The lowest BCUT2D eigenvalue weighted by molar-refractivity contribution is -0.114. The summed E-state index contributed by atoms with van der Waals surface area (Å²) in [7, 11) is 0. The van der Waals surface area contributed by atoms with Crippen LogP contribution in [-0.2, 0) is 4.79 Å². The normalized spacial score (nSPS) is 15.2. The molecule has 1 aliphatic rings. The molecule has 1 aliphatic heterocycles. The Labute approximate surface area is 189 Å². The monoisotopic (exact) mass is 542 g/mol. The number of rotatable bonds is 5. The van der Waals surface area contributed by atoms with Gasteiger partial charge in [0.15, 0.2) is 0 Å². The number of nitrogens with zero attached hydrogens (tertiary/aromatic N) is 2. The van der Waals surface area contributed by atoms with Gasteiger partial charge in [-0.3, -0.25) is 4.79 Å². The Morgan fingerprint density at radius 3 is 2.64 bits per heavy atom. The zero-order chi connectivity index (χ0) is 20.4. The number of amides is 1. The third-order valence-electron chi connectivity index (χ3n) is 3.89. The Hall–Kier alpha value is -1.60. The standard InChI is InChI=1S/C20H14Br2Cl2N2O2/c1-3-6-28-19-12(7-13(21)9-16(19)22)8-15-11(2)25-26(20(15)27)14-4-5-17(23)18(24)10-14/h3-5,7-10H,1,6H2,2H3. The van der Waals surface area contributed by atoms with Gasteiger partial charge in [-0.05, 0) is 59.3 Å². The van der Waals surface area contributed by atoms with Crippen LogP contribution in [-0.4, -0.2) is 18.2 Å². The van der Waals surface area contributed by atoms with Crippen LogP contribution in [0.25, 0.3) is 6.08 Å². The van der Waals surface area contributed by atoms with Gasteiger partial charge in [0.25, 0.3) is 5.91 Å². The van der Waals surface area contributed by atoms with Crippen molar-refractivity contribution in [2.75, 3.05) is 11.6 Å². The van der Waals surface area contributed by atoms with E-state index in [9.17, 15) is 4.79 Å². The number of benzene rings is 2. The van der Waals surface area contributed by atoms with Gasteiger partial charge < -0.3 is 4.74 Å². The van der Waals surface area contributed by atoms with Crippen LogP contribution in [0.1, 0.15) is 12.5 Å². The molecular weight excluding hydrogens is 531 g/mol. The van der Waals surface area contributed by atoms with Crippen LogP contribution in [0.2, 0.25) is 10.0 Å². The van der Waals surface area contributed by atoms with Gasteiger partial charge in [0.05, 0.1) is 31.5 Å². The molecular formula is C20H14Br2Cl2N2O2. The SMILES string of the molecule is C=CCOc1c(Br)cc(Br)cc1C=C1C(=O)N(c2ccc(Cl)c(Cl)c2)N=C1C. The molecule has 144 valence electrons. The summed E-state index contributed by atoms with van der Waals surface area (Å²) < 4.78 is 7.37. The van der Waals surface area contributed by atoms with Crippen molar-refractivity contribution in [1.82, 2.24) is 0 Å². The summed E-state index contributed by atoms with van der Waals surface area (Å²) in [6.45, 7) is 5.79. The molecule has 0 N–H and O–H groups in total. The fourth-order valence-electron chi connectivity index (χ4n) is 2.61. The first-order valence-electron chi connectivity index (χ1n) is 8.11. The lowest BCUT2D eigenvalue weighted by Gasteiger charge is -2.13. The minimum atomic E-state index is -0.262. The number of carbonyl (C=O) groups is 1. The second-order valence-corrected chi connectivity index (χ2v) is 8.45. The summed E-state index contributed by atoms with van der Waals surface area (Å²) in [6.07, 6.45) is 3.41. The fourth-order valence-corrected chi connectivity index (χ4v) is 4.28. The molecule has 0 saturated carbocycles. The number of anilines is 1. The molecule has 0 aliphatic carbocycles. The Morgan fingerprint density at radius 1 is 1.21 bits per heavy atom. The van der Waals surface area contributed by atoms with Crippen LogP contribution >= 0.6 is 55.1 Å². The maximum absolute atomic E-state index is 13.0. The van der Waals surface area contributed by atoms with E-state index < -0.39 is 0 Å². The molecule has 0 fully saturated rings. The highest BCUT2D eigenvalue weighted by Crippen LogP contribution is 2.36. The molecule has 1 amide bonds. The van der Waals surface area contributed by atoms with Crippen molar-refractivity contribution in [1.29, 1.82) is 0 Å². The van der Waals surface area contributed by atoms with Gasteiger partial charge in [0, 0.05) is 10.0 Å². The highest BCUT2D eigenvalue weighted by molar-refractivity contribution is 9.11. The van der Waals surface area contributed by atoms with Gasteiger partial charge in [-0.2, -0.15) is 10.1 Å². The maximum atomic E-state index is 13.0. The average Bonchev–Trinajstić information content (AvgIpc) is 2.91.